The molecule has 2 aromatic heterocycles. The molecule has 0 amide bonds. The highest BCUT2D eigenvalue weighted by atomic mass is 16.3. The maximum atomic E-state index is 5.98. The van der Waals surface area contributed by atoms with Crippen LogP contribution in [0.5, 0.6) is 0 Å². The van der Waals surface area contributed by atoms with Gasteiger partial charge in [-0.3, -0.25) is 4.57 Å². The van der Waals surface area contributed by atoms with E-state index in [1.165, 1.54) is 11.1 Å². The van der Waals surface area contributed by atoms with E-state index in [2.05, 4.69) is 125 Å². The summed E-state index contributed by atoms with van der Waals surface area (Å²) in [5, 5.41) is 7.01. The SMILES string of the molecule is C1=C(c2ccccc2)NC(n2c3ccccc3c3c4occc4ccc32)=NC1c1ccc(-c2ccccc2)cc1. The minimum Gasteiger partial charge on any atom is -0.464 e. The first-order valence-electron chi connectivity index (χ1n) is 13.5. The Bertz CT molecular complexity index is 2060. The number of nitrogens with one attached hydrogen (secondary N) is 1. The third-order valence-corrected chi connectivity index (χ3v) is 7.74. The van der Waals surface area contributed by atoms with Crippen LogP contribution in [0.1, 0.15) is 17.2 Å². The highest BCUT2D eigenvalue weighted by molar-refractivity contribution is 6.22. The van der Waals surface area contributed by atoms with Crippen LogP contribution in [-0.4, -0.2) is 10.5 Å². The Morgan fingerprint density at radius 3 is 2.12 bits per heavy atom. The largest absolute Gasteiger partial charge is 0.464 e. The third-order valence-electron chi connectivity index (χ3n) is 7.74. The Morgan fingerprint density at radius 2 is 1.32 bits per heavy atom. The maximum absolute atomic E-state index is 5.98. The van der Waals surface area contributed by atoms with Gasteiger partial charge in [0.05, 0.1) is 28.7 Å². The molecule has 0 radical (unpaired) electrons. The summed E-state index contributed by atoms with van der Waals surface area (Å²) >= 11 is 0. The molecule has 0 spiro atoms. The molecule has 8 rings (SSSR count). The number of fused-ring (bicyclic) bond motifs is 5. The van der Waals surface area contributed by atoms with Gasteiger partial charge in [0.1, 0.15) is 5.58 Å². The van der Waals surface area contributed by atoms with E-state index in [0.29, 0.717) is 0 Å². The first kappa shape index (κ1) is 22.6. The zero-order chi connectivity index (χ0) is 26.5. The molecular formula is C36H25N3O. The smallest absolute Gasteiger partial charge is 0.208 e. The van der Waals surface area contributed by atoms with Crippen LogP contribution in [0.4, 0.5) is 0 Å². The van der Waals surface area contributed by atoms with E-state index in [9.17, 15) is 0 Å². The van der Waals surface area contributed by atoms with Gasteiger partial charge in [0.2, 0.25) is 5.96 Å². The van der Waals surface area contributed by atoms with E-state index < -0.39 is 0 Å². The van der Waals surface area contributed by atoms with Crippen molar-refractivity contribution in [2.75, 3.05) is 0 Å². The average molecular weight is 516 g/mol. The molecule has 1 aliphatic rings. The van der Waals surface area contributed by atoms with Gasteiger partial charge in [-0.2, -0.15) is 0 Å². The summed E-state index contributed by atoms with van der Waals surface area (Å²) in [6.45, 7) is 0. The molecule has 0 saturated carbocycles. The molecule has 7 aromatic rings. The Labute approximate surface area is 231 Å². The molecule has 0 aliphatic carbocycles. The van der Waals surface area contributed by atoms with Crippen LogP contribution in [0.3, 0.4) is 0 Å². The van der Waals surface area contributed by atoms with Crippen LogP contribution in [0.15, 0.2) is 149 Å². The number of rotatable bonds is 3. The first-order valence-corrected chi connectivity index (χ1v) is 13.5. The Kier molecular flexibility index (Phi) is 5.17. The molecule has 1 aliphatic heterocycles. The average Bonchev–Trinajstić information content (AvgIpc) is 3.64. The van der Waals surface area contributed by atoms with Gasteiger partial charge in [-0.15, -0.1) is 0 Å². The van der Waals surface area contributed by atoms with Crippen molar-refractivity contribution in [2.24, 2.45) is 4.99 Å². The van der Waals surface area contributed by atoms with E-state index in [0.717, 1.165) is 55.6 Å². The number of hydrogen-bond donors (Lipinski definition) is 1. The summed E-state index contributed by atoms with van der Waals surface area (Å²) in [4.78, 5) is 5.30. The summed E-state index contributed by atoms with van der Waals surface area (Å²) in [6, 6.07) is 44.3. The van der Waals surface area contributed by atoms with Crippen LogP contribution >= 0.6 is 0 Å². The Balaban J connectivity index is 1.32. The van der Waals surface area contributed by atoms with Crippen molar-refractivity contribution in [1.82, 2.24) is 9.88 Å². The van der Waals surface area contributed by atoms with Gasteiger partial charge in [0.15, 0.2) is 0 Å². The molecule has 1 atom stereocenters. The van der Waals surface area contributed by atoms with Gasteiger partial charge in [0, 0.05) is 16.5 Å². The highest BCUT2D eigenvalue weighted by Gasteiger charge is 2.23. The standard InChI is InChI=1S/C36H25N3O/c1-3-9-24(10-4-1)25-15-17-27(18-16-25)31-23-30(26-11-5-2-6-12-26)37-36(38-31)39-32-14-8-7-13-29(32)34-33(39)20-19-28-21-22-40-35(28)34/h1-23,31H,(H,37,38). The van der Waals surface area contributed by atoms with Crippen molar-refractivity contribution in [3.8, 4) is 11.1 Å². The molecule has 4 heteroatoms. The lowest BCUT2D eigenvalue weighted by atomic mass is 9.99. The van der Waals surface area contributed by atoms with Crippen LogP contribution in [0, 0.1) is 0 Å². The zero-order valence-electron chi connectivity index (χ0n) is 21.7. The fraction of sp³-hybridized carbons (Fsp3) is 0.0278. The zero-order valence-corrected chi connectivity index (χ0v) is 21.7. The van der Waals surface area contributed by atoms with Gasteiger partial charge >= 0.3 is 0 Å². The van der Waals surface area contributed by atoms with Crippen molar-refractivity contribution >= 4 is 44.4 Å². The molecule has 3 heterocycles. The number of hydrogen-bond acceptors (Lipinski definition) is 3. The van der Waals surface area contributed by atoms with E-state index in [4.69, 9.17) is 9.41 Å². The van der Waals surface area contributed by atoms with Crippen molar-refractivity contribution in [3.63, 3.8) is 0 Å². The molecule has 0 saturated heterocycles. The van der Waals surface area contributed by atoms with Gasteiger partial charge in [0.25, 0.3) is 0 Å². The second-order valence-electron chi connectivity index (χ2n) is 10.1. The lowest BCUT2D eigenvalue weighted by Gasteiger charge is -2.24. The fourth-order valence-electron chi connectivity index (χ4n) is 5.80. The van der Waals surface area contributed by atoms with E-state index in [-0.39, 0.29) is 6.04 Å². The van der Waals surface area contributed by atoms with Crippen LogP contribution in [-0.2, 0) is 0 Å². The van der Waals surface area contributed by atoms with Gasteiger partial charge in [-0.25, -0.2) is 4.99 Å². The van der Waals surface area contributed by atoms with E-state index >= 15 is 0 Å². The fourth-order valence-corrected chi connectivity index (χ4v) is 5.80. The summed E-state index contributed by atoms with van der Waals surface area (Å²) in [7, 11) is 0. The maximum Gasteiger partial charge on any atom is 0.208 e. The molecule has 190 valence electrons. The first-order chi connectivity index (χ1) is 19.8. The van der Waals surface area contributed by atoms with Crippen LogP contribution < -0.4 is 5.32 Å². The summed E-state index contributed by atoms with van der Waals surface area (Å²) in [6.07, 6.45) is 3.98. The molecule has 5 aromatic carbocycles. The van der Waals surface area contributed by atoms with Gasteiger partial charge < -0.3 is 9.73 Å². The van der Waals surface area contributed by atoms with Gasteiger partial charge in [-0.05, 0) is 52.6 Å². The summed E-state index contributed by atoms with van der Waals surface area (Å²) in [5.41, 5.74) is 8.74. The lowest BCUT2D eigenvalue weighted by Crippen LogP contribution is -2.32. The molecule has 40 heavy (non-hydrogen) atoms. The molecular weight excluding hydrogens is 490 g/mol. The number of para-hydroxylation sites is 1. The second kappa shape index (κ2) is 9.14. The summed E-state index contributed by atoms with van der Waals surface area (Å²) < 4.78 is 8.21. The molecule has 0 fully saturated rings. The molecule has 1 N–H and O–H groups in total. The van der Waals surface area contributed by atoms with Crippen molar-refractivity contribution in [1.29, 1.82) is 0 Å². The number of furan rings is 1. The van der Waals surface area contributed by atoms with Crippen LogP contribution in [0.25, 0.3) is 49.6 Å². The third kappa shape index (κ3) is 3.65. The number of nitrogens with zero attached hydrogens (tertiary/aromatic N) is 2. The summed E-state index contributed by atoms with van der Waals surface area (Å²) in [5.74, 6) is 0.788. The topological polar surface area (TPSA) is 42.5 Å². The number of aromatic nitrogens is 1. The lowest BCUT2D eigenvalue weighted by molar-refractivity contribution is 0.619. The molecule has 4 nitrogen and oxygen atoms in total. The van der Waals surface area contributed by atoms with Crippen LogP contribution in [0.2, 0.25) is 0 Å². The predicted octanol–water partition coefficient (Wildman–Crippen LogP) is 8.80. The minimum absolute atomic E-state index is 0.153. The Morgan fingerprint density at radius 1 is 0.625 bits per heavy atom. The molecule has 1 unspecified atom stereocenters. The highest BCUT2D eigenvalue weighted by Crippen LogP contribution is 2.37. The van der Waals surface area contributed by atoms with Crippen molar-refractivity contribution < 1.29 is 4.42 Å². The molecule has 0 bridgehead atoms. The monoisotopic (exact) mass is 515 g/mol. The minimum atomic E-state index is -0.153. The number of aliphatic imine (C=N–C) groups is 1. The van der Waals surface area contributed by atoms with Crippen molar-refractivity contribution in [3.05, 3.63) is 151 Å². The second-order valence-corrected chi connectivity index (χ2v) is 10.1. The predicted molar refractivity (Wildman–Crippen MR) is 164 cm³/mol. The quantitative estimate of drug-likeness (QED) is 0.255. The van der Waals surface area contributed by atoms with Gasteiger partial charge in [-0.1, -0.05) is 103 Å². The van der Waals surface area contributed by atoms with Crippen molar-refractivity contribution in [2.45, 2.75) is 6.04 Å². The Hall–Kier alpha value is -5.35. The normalized spacial score (nSPS) is 15.2. The number of benzene rings is 5. The van der Waals surface area contributed by atoms with E-state index in [1.807, 2.05) is 18.2 Å². The van der Waals surface area contributed by atoms with E-state index in [1.54, 1.807) is 6.26 Å².